The normalized spacial score (nSPS) is 10.6. The van der Waals surface area contributed by atoms with Crippen molar-refractivity contribution in [2.45, 2.75) is 18.3 Å². The largest absolute Gasteiger partial charge is 0.490 e. The van der Waals surface area contributed by atoms with E-state index in [-0.39, 0.29) is 0 Å². The summed E-state index contributed by atoms with van der Waals surface area (Å²) >= 11 is 13.4. The Morgan fingerprint density at radius 3 is 2.89 bits per heavy atom. The first-order valence-electron chi connectivity index (χ1n) is 5.70. The molecule has 6 heteroatoms. The topological polar surface area (TPSA) is 18.5 Å². The van der Waals surface area contributed by atoms with Crippen LogP contribution in [0, 0.1) is 0 Å². The molecule has 18 heavy (non-hydrogen) atoms. The first-order valence-corrected chi connectivity index (χ1v) is 8.78. The van der Waals surface area contributed by atoms with Gasteiger partial charge in [0.1, 0.15) is 12.4 Å². The standard InChI is InChI=1S/C12H16BrClO2SSi/c13-11-3-2-10(9-14)8-12(11)15-4-5-16-18-7-1-6-17/h2-3,8,17H,1,4-7,9H2. The number of hydrogen-bond donors (Lipinski definition) is 1. The third kappa shape index (κ3) is 6.47. The highest BCUT2D eigenvalue weighted by molar-refractivity contribution is 9.10. The number of rotatable bonds is 9. The molecule has 0 aliphatic carbocycles. The molecule has 0 spiro atoms. The van der Waals surface area contributed by atoms with Gasteiger partial charge in [0.15, 0.2) is 0 Å². The van der Waals surface area contributed by atoms with Gasteiger partial charge in [-0.2, -0.15) is 12.6 Å². The summed E-state index contributed by atoms with van der Waals surface area (Å²) < 4.78 is 12.1. The van der Waals surface area contributed by atoms with Crippen LogP contribution in [-0.2, 0) is 10.3 Å². The van der Waals surface area contributed by atoms with Crippen LogP contribution in [0.5, 0.6) is 5.75 Å². The monoisotopic (exact) mass is 366 g/mol. The average molecular weight is 368 g/mol. The fourth-order valence-electron chi connectivity index (χ4n) is 1.23. The lowest BCUT2D eigenvalue weighted by Gasteiger charge is -2.09. The number of alkyl halides is 1. The molecule has 0 saturated heterocycles. The average Bonchev–Trinajstić information content (AvgIpc) is 2.39. The Bertz CT molecular complexity index is 355. The first-order chi connectivity index (χ1) is 8.77. The summed E-state index contributed by atoms with van der Waals surface area (Å²) in [5.41, 5.74) is 1.05. The van der Waals surface area contributed by atoms with Crippen molar-refractivity contribution < 1.29 is 9.16 Å². The van der Waals surface area contributed by atoms with Crippen molar-refractivity contribution in [3.05, 3.63) is 28.2 Å². The molecule has 0 aliphatic rings. The van der Waals surface area contributed by atoms with Crippen LogP contribution in [0.15, 0.2) is 22.7 Å². The van der Waals surface area contributed by atoms with E-state index < -0.39 is 0 Å². The number of benzene rings is 1. The molecule has 0 bridgehead atoms. The lowest BCUT2D eigenvalue weighted by atomic mass is 10.2. The van der Waals surface area contributed by atoms with Gasteiger partial charge in [0.05, 0.1) is 11.1 Å². The van der Waals surface area contributed by atoms with Crippen LogP contribution in [0.4, 0.5) is 0 Å². The van der Waals surface area contributed by atoms with Crippen LogP contribution in [0.2, 0.25) is 6.04 Å². The van der Waals surface area contributed by atoms with E-state index in [4.69, 9.17) is 20.8 Å². The lowest BCUT2D eigenvalue weighted by molar-refractivity contribution is 0.222. The van der Waals surface area contributed by atoms with Crippen molar-refractivity contribution in [1.82, 2.24) is 0 Å². The minimum Gasteiger partial charge on any atom is -0.490 e. The molecule has 1 rings (SSSR count). The van der Waals surface area contributed by atoms with Crippen LogP contribution >= 0.6 is 40.2 Å². The maximum atomic E-state index is 5.78. The molecular weight excluding hydrogens is 352 g/mol. The van der Waals surface area contributed by atoms with Gasteiger partial charge in [0, 0.05) is 5.88 Å². The molecule has 0 N–H and O–H groups in total. The van der Waals surface area contributed by atoms with Crippen LogP contribution in [0.1, 0.15) is 12.0 Å². The van der Waals surface area contributed by atoms with Gasteiger partial charge in [-0.25, -0.2) is 0 Å². The van der Waals surface area contributed by atoms with Crippen LogP contribution in [-0.4, -0.2) is 28.7 Å². The molecule has 2 radical (unpaired) electrons. The van der Waals surface area contributed by atoms with Gasteiger partial charge in [0.2, 0.25) is 9.76 Å². The van der Waals surface area contributed by atoms with E-state index >= 15 is 0 Å². The van der Waals surface area contributed by atoms with Crippen LogP contribution in [0.25, 0.3) is 0 Å². The van der Waals surface area contributed by atoms with Gasteiger partial charge < -0.3 is 9.16 Å². The van der Waals surface area contributed by atoms with Gasteiger partial charge in [-0.1, -0.05) is 6.07 Å². The van der Waals surface area contributed by atoms with Crippen molar-refractivity contribution in [2.24, 2.45) is 0 Å². The van der Waals surface area contributed by atoms with E-state index in [2.05, 4.69) is 28.6 Å². The summed E-state index contributed by atoms with van der Waals surface area (Å²) in [4.78, 5) is 0. The van der Waals surface area contributed by atoms with E-state index in [0.29, 0.717) is 28.9 Å². The Morgan fingerprint density at radius 1 is 1.33 bits per heavy atom. The fourth-order valence-corrected chi connectivity index (χ4v) is 2.91. The highest BCUT2D eigenvalue weighted by Crippen LogP contribution is 2.26. The van der Waals surface area contributed by atoms with E-state index in [0.717, 1.165) is 34.0 Å². The quantitative estimate of drug-likeness (QED) is 0.308. The summed E-state index contributed by atoms with van der Waals surface area (Å²) in [5, 5.41) is 0. The molecule has 0 aromatic heterocycles. The van der Waals surface area contributed by atoms with Crippen molar-refractivity contribution >= 4 is 49.9 Å². The van der Waals surface area contributed by atoms with E-state index in [9.17, 15) is 0 Å². The second-order valence-electron chi connectivity index (χ2n) is 3.57. The summed E-state index contributed by atoms with van der Waals surface area (Å²) in [6, 6.07) is 6.94. The van der Waals surface area contributed by atoms with Crippen molar-refractivity contribution in [3.63, 3.8) is 0 Å². The van der Waals surface area contributed by atoms with Gasteiger partial charge >= 0.3 is 0 Å². The van der Waals surface area contributed by atoms with Gasteiger partial charge in [-0.3, -0.25) is 0 Å². The Hall–Kier alpha value is 0.317. The molecule has 100 valence electrons. The molecule has 0 heterocycles. The second kappa shape index (κ2) is 10.1. The number of ether oxygens (including phenoxy) is 1. The summed E-state index contributed by atoms with van der Waals surface area (Å²) in [7, 11) is 0.540. The molecule has 1 aromatic carbocycles. The zero-order valence-electron chi connectivity index (χ0n) is 9.99. The van der Waals surface area contributed by atoms with Gasteiger partial charge in [-0.05, 0) is 51.8 Å². The predicted octanol–water partition coefficient (Wildman–Crippen LogP) is 3.94. The van der Waals surface area contributed by atoms with E-state index in [1.807, 2.05) is 18.2 Å². The van der Waals surface area contributed by atoms with Crippen molar-refractivity contribution in [1.29, 1.82) is 0 Å². The number of thiol groups is 1. The van der Waals surface area contributed by atoms with Crippen LogP contribution < -0.4 is 4.74 Å². The molecular formula is C12H16BrClO2SSi. The molecule has 0 atom stereocenters. The Morgan fingerprint density at radius 2 is 2.17 bits per heavy atom. The molecule has 1 aromatic rings. The van der Waals surface area contributed by atoms with E-state index in [1.54, 1.807) is 0 Å². The molecule has 0 saturated carbocycles. The zero-order valence-corrected chi connectivity index (χ0v) is 14.2. The number of hydrogen-bond acceptors (Lipinski definition) is 3. The SMILES string of the molecule is SCCC[Si]OCCOc1cc(CCl)ccc1Br. The molecule has 0 unspecified atom stereocenters. The minimum absolute atomic E-state index is 0.491. The Kier molecular flexibility index (Phi) is 9.23. The van der Waals surface area contributed by atoms with Crippen molar-refractivity contribution in [3.8, 4) is 5.75 Å². The Balaban J connectivity index is 2.22. The molecule has 0 aliphatic heterocycles. The second-order valence-corrected chi connectivity index (χ2v) is 6.21. The zero-order chi connectivity index (χ0) is 13.2. The minimum atomic E-state index is 0.491. The lowest BCUT2D eigenvalue weighted by Crippen LogP contribution is -2.09. The predicted molar refractivity (Wildman–Crippen MR) is 84.2 cm³/mol. The molecule has 0 fully saturated rings. The van der Waals surface area contributed by atoms with Crippen LogP contribution in [0.3, 0.4) is 0 Å². The highest BCUT2D eigenvalue weighted by Gasteiger charge is 2.02. The summed E-state index contributed by atoms with van der Waals surface area (Å²) in [5.74, 6) is 2.23. The Labute approximate surface area is 130 Å². The molecule has 0 amide bonds. The fraction of sp³-hybridized carbons (Fsp3) is 0.500. The number of halogens is 2. The third-order valence-corrected chi connectivity index (χ3v) is 4.38. The summed E-state index contributed by atoms with van der Waals surface area (Å²) in [6.07, 6.45) is 1.10. The maximum absolute atomic E-state index is 5.78. The first kappa shape index (κ1) is 16.4. The highest BCUT2D eigenvalue weighted by atomic mass is 79.9. The van der Waals surface area contributed by atoms with Gasteiger partial charge in [-0.15, -0.1) is 11.6 Å². The van der Waals surface area contributed by atoms with Crippen molar-refractivity contribution in [2.75, 3.05) is 19.0 Å². The summed E-state index contributed by atoms with van der Waals surface area (Å²) in [6.45, 7) is 1.17. The molecule has 2 nitrogen and oxygen atoms in total. The van der Waals surface area contributed by atoms with Gasteiger partial charge in [0.25, 0.3) is 0 Å². The smallest absolute Gasteiger partial charge is 0.229 e. The maximum Gasteiger partial charge on any atom is 0.229 e. The van der Waals surface area contributed by atoms with E-state index in [1.165, 1.54) is 0 Å². The third-order valence-electron chi connectivity index (χ3n) is 2.13.